The van der Waals surface area contributed by atoms with Crippen LogP contribution in [-0.4, -0.2) is 51.8 Å². The molecule has 2 nitrogen and oxygen atoms in total. The summed E-state index contributed by atoms with van der Waals surface area (Å²) in [5.41, 5.74) is 0. The molecule has 0 aromatic rings. The standard InChI is InChI=1S/C11H22B2N2/c12-14-8-4-2-1-3-5-9-15(13)11-7-6-10-14/h1-11H2. The van der Waals surface area contributed by atoms with E-state index in [-0.39, 0.29) is 0 Å². The zero-order chi connectivity index (χ0) is 10.9. The first kappa shape index (κ1) is 13.1. The van der Waals surface area contributed by atoms with E-state index in [1.165, 1.54) is 32.1 Å². The van der Waals surface area contributed by atoms with Gasteiger partial charge in [0, 0.05) is 0 Å². The maximum atomic E-state index is 5.88. The van der Waals surface area contributed by atoms with Gasteiger partial charge < -0.3 is 9.62 Å². The molecule has 1 heterocycles. The van der Waals surface area contributed by atoms with Crippen molar-refractivity contribution in [2.24, 2.45) is 0 Å². The van der Waals surface area contributed by atoms with E-state index in [1.807, 2.05) is 9.62 Å². The van der Waals surface area contributed by atoms with Crippen LogP contribution in [0.4, 0.5) is 0 Å². The summed E-state index contributed by atoms with van der Waals surface area (Å²) in [6.45, 7) is 4.11. The highest BCUT2D eigenvalue weighted by Crippen LogP contribution is 2.06. The molecular formula is C11H22B2N2. The molecule has 0 saturated carbocycles. The van der Waals surface area contributed by atoms with E-state index in [0.717, 1.165) is 39.0 Å². The minimum absolute atomic E-state index is 1.01. The molecule has 0 aliphatic carbocycles. The molecule has 0 spiro atoms. The molecule has 1 saturated heterocycles. The molecule has 4 heteroatoms. The Hall–Kier alpha value is 0.0499. The fourth-order valence-corrected chi connectivity index (χ4v) is 2.01. The van der Waals surface area contributed by atoms with Crippen LogP contribution in [0.15, 0.2) is 0 Å². The summed E-state index contributed by atoms with van der Waals surface area (Å²) >= 11 is 0. The molecule has 0 unspecified atom stereocenters. The van der Waals surface area contributed by atoms with E-state index in [4.69, 9.17) is 16.0 Å². The lowest BCUT2D eigenvalue weighted by Crippen LogP contribution is -2.25. The summed E-state index contributed by atoms with van der Waals surface area (Å²) < 4.78 is 0. The van der Waals surface area contributed by atoms with Crippen molar-refractivity contribution in [3.8, 4) is 0 Å². The molecule has 1 aliphatic rings. The lowest BCUT2D eigenvalue weighted by molar-refractivity contribution is 0.395. The van der Waals surface area contributed by atoms with Crippen LogP contribution in [0.2, 0.25) is 0 Å². The average Bonchev–Trinajstić information content (AvgIpc) is 2.23. The number of hydrogen-bond donors (Lipinski definition) is 0. The topological polar surface area (TPSA) is 6.48 Å². The molecule has 4 radical (unpaired) electrons. The molecule has 1 fully saturated rings. The minimum Gasteiger partial charge on any atom is -0.353 e. The van der Waals surface area contributed by atoms with Gasteiger partial charge in [-0.15, -0.1) is 0 Å². The van der Waals surface area contributed by atoms with Gasteiger partial charge in [-0.1, -0.05) is 19.3 Å². The molecule has 0 aromatic heterocycles. The van der Waals surface area contributed by atoms with Gasteiger partial charge >= 0.3 is 0 Å². The van der Waals surface area contributed by atoms with Gasteiger partial charge in [-0.2, -0.15) is 0 Å². The van der Waals surface area contributed by atoms with E-state index < -0.39 is 0 Å². The lowest BCUT2D eigenvalue weighted by Gasteiger charge is -2.18. The Kier molecular flexibility index (Phi) is 7.20. The van der Waals surface area contributed by atoms with Crippen LogP contribution >= 0.6 is 0 Å². The summed E-state index contributed by atoms with van der Waals surface area (Å²) in [6.07, 6.45) is 8.72. The van der Waals surface area contributed by atoms with Gasteiger partial charge in [-0.3, -0.25) is 0 Å². The molecule has 82 valence electrons. The highest BCUT2D eigenvalue weighted by atomic mass is 15.0. The zero-order valence-electron chi connectivity index (χ0n) is 9.83. The average molecular weight is 204 g/mol. The summed E-state index contributed by atoms with van der Waals surface area (Å²) in [6, 6.07) is 0. The van der Waals surface area contributed by atoms with E-state index >= 15 is 0 Å². The minimum atomic E-state index is 1.01. The van der Waals surface area contributed by atoms with Crippen molar-refractivity contribution < 1.29 is 0 Å². The SMILES string of the molecule is [B]N1CCCCCCCN([B])CCCC1. The third-order valence-electron chi connectivity index (χ3n) is 3.03. The first-order valence-electron chi connectivity index (χ1n) is 6.28. The normalized spacial score (nSPS) is 25.1. The molecule has 1 rings (SSSR count). The smallest absolute Gasteiger partial charge is 0.182 e. The van der Waals surface area contributed by atoms with Gasteiger partial charge in [0.25, 0.3) is 0 Å². The van der Waals surface area contributed by atoms with Gasteiger partial charge in [0.15, 0.2) is 16.0 Å². The van der Waals surface area contributed by atoms with Gasteiger partial charge in [0.1, 0.15) is 0 Å². The van der Waals surface area contributed by atoms with Gasteiger partial charge in [-0.05, 0) is 51.9 Å². The maximum absolute atomic E-state index is 5.88. The largest absolute Gasteiger partial charge is 0.353 e. The van der Waals surface area contributed by atoms with Crippen molar-refractivity contribution in [3.05, 3.63) is 0 Å². The van der Waals surface area contributed by atoms with Crippen LogP contribution in [-0.2, 0) is 0 Å². The molecular weight excluding hydrogens is 182 g/mol. The highest BCUT2D eigenvalue weighted by Gasteiger charge is 2.02. The Morgan fingerprint density at radius 1 is 0.467 bits per heavy atom. The lowest BCUT2D eigenvalue weighted by atomic mass is 10.1. The van der Waals surface area contributed by atoms with E-state index in [1.54, 1.807) is 0 Å². The van der Waals surface area contributed by atoms with Crippen molar-refractivity contribution >= 4 is 16.0 Å². The van der Waals surface area contributed by atoms with E-state index in [9.17, 15) is 0 Å². The van der Waals surface area contributed by atoms with Crippen LogP contribution in [0.5, 0.6) is 0 Å². The highest BCUT2D eigenvalue weighted by molar-refractivity contribution is 6.04. The third-order valence-corrected chi connectivity index (χ3v) is 3.03. The molecule has 15 heavy (non-hydrogen) atoms. The molecule has 0 bridgehead atoms. The number of rotatable bonds is 0. The fourth-order valence-electron chi connectivity index (χ4n) is 2.01. The summed E-state index contributed by atoms with van der Waals surface area (Å²) in [4.78, 5) is 3.91. The van der Waals surface area contributed by atoms with Crippen molar-refractivity contribution in [1.82, 2.24) is 9.62 Å². The molecule has 0 amide bonds. The molecule has 1 aliphatic heterocycles. The van der Waals surface area contributed by atoms with Crippen molar-refractivity contribution in [2.45, 2.75) is 44.9 Å². The molecule has 0 aromatic carbocycles. The second-order valence-corrected chi connectivity index (χ2v) is 4.55. The van der Waals surface area contributed by atoms with Crippen molar-refractivity contribution in [3.63, 3.8) is 0 Å². The summed E-state index contributed by atoms with van der Waals surface area (Å²) in [7, 11) is 11.8. The van der Waals surface area contributed by atoms with E-state index in [2.05, 4.69) is 0 Å². The Morgan fingerprint density at radius 3 is 1.13 bits per heavy atom. The van der Waals surface area contributed by atoms with Crippen LogP contribution < -0.4 is 0 Å². The predicted octanol–water partition coefficient (Wildman–Crippen LogP) is 1.50. The third kappa shape index (κ3) is 7.02. The number of nitrogens with zero attached hydrogens (tertiary/aromatic N) is 2. The monoisotopic (exact) mass is 204 g/mol. The van der Waals surface area contributed by atoms with Crippen LogP contribution in [0.3, 0.4) is 0 Å². The van der Waals surface area contributed by atoms with Gasteiger partial charge in [0.05, 0.1) is 0 Å². The Balaban J connectivity index is 2.21. The Labute approximate surface area is 97.3 Å². The fraction of sp³-hybridized carbons (Fsp3) is 1.00. The molecule has 0 N–H and O–H groups in total. The summed E-state index contributed by atoms with van der Waals surface area (Å²) in [5, 5.41) is 0. The Bertz CT molecular complexity index is 140. The predicted molar refractivity (Wildman–Crippen MR) is 67.0 cm³/mol. The van der Waals surface area contributed by atoms with Crippen LogP contribution in [0.1, 0.15) is 44.9 Å². The maximum Gasteiger partial charge on any atom is 0.182 e. The number of hydrogen-bond acceptors (Lipinski definition) is 2. The van der Waals surface area contributed by atoms with Gasteiger partial charge in [0.2, 0.25) is 0 Å². The quantitative estimate of drug-likeness (QED) is 0.551. The second kappa shape index (κ2) is 8.23. The van der Waals surface area contributed by atoms with E-state index in [0.29, 0.717) is 0 Å². The summed E-state index contributed by atoms with van der Waals surface area (Å²) in [5.74, 6) is 0. The van der Waals surface area contributed by atoms with Gasteiger partial charge in [-0.25, -0.2) is 0 Å². The first-order chi connectivity index (χ1) is 7.29. The van der Waals surface area contributed by atoms with Crippen LogP contribution in [0.25, 0.3) is 0 Å². The second-order valence-electron chi connectivity index (χ2n) is 4.55. The van der Waals surface area contributed by atoms with Crippen molar-refractivity contribution in [2.75, 3.05) is 26.2 Å². The van der Waals surface area contributed by atoms with Crippen molar-refractivity contribution in [1.29, 1.82) is 0 Å². The first-order valence-corrected chi connectivity index (χ1v) is 6.28. The Morgan fingerprint density at radius 2 is 0.733 bits per heavy atom. The van der Waals surface area contributed by atoms with Crippen LogP contribution in [0, 0.1) is 0 Å². The molecule has 0 atom stereocenters. The zero-order valence-corrected chi connectivity index (χ0v) is 9.83.